The third kappa shape index (κ3) is 8.22. The number of carbonyl (C=O) groups is 2. The van der Waals surface area contributed by atoms with Crippen LogP contribution in [0.3, 0.4) is 0 Å². The summed E-state index contributed by atoms with van der Waals surface area (Å²) in [6, 6.07) is 22.3. The van der Waals surface area contributed by atoms with Crippen molar-refractivity contribution in [3.8, 4) is 11.5 Å². The quantitative estimate of drug-likeness (QED) is 0.338. The smallest absolute Gasteiger partial charge is 0.244 e. The number of amides is 2. The van der Waals surface area contributed by atoms with E-state index in [1.807, 2.05) is 74.5 Å². The fourth-order valence-electron chi connectivity index (χ4n) is 4.30. The van der Waals surface area contributed by atoms with Crippen molar-refractivity contribution in [2.45, 2.75) is 38.9 Å². The molecule has 3 rings (SSSR count). The molecule has 1 N–H and O–H groups in total. The van der Waals surface area contributed by atoms with Crippen LogP contribution in [0.4, 0.5) is 5.69 Å². The van der Waals surface area contributed by atoms with Crippen molar-refractivity contribution in [1.82, 2.24) is 10.2 Å². The number of rotatable bonds is 13. The van der Waals surface area contributed by atoms with Crippen LogP contribution in [-0.4, -0.2) is 64.2 Å². The van der Waals surface area contributed by atoms with E-state index < -0.39 is 28.5 Å². The van der Waals surface area contributed by atoms with E-state index in [0.29, 0.717) is 5.75 Å². The number of nitrogens with one attached hydrogen (secondary N) is 1. The van der Waals surface area contributed by atoms with Crippen molar-refractivity contribution in [2.24, 2.45) is 0 Å². The standard InChI is InChI=1S/C30H37N3O6S/c1-22(2)31-30(35)27(18-23-12-8-6-9-13-23)32(20-24-14-10-7-11-15-24)29(34)21-33(40(5,36)37)26-17-16-25(38-3)19-28(26)39-4/h6-17,19,22,27H,18,20-21H2,1-5H3,(H,31,35)/t27-/m0/s1. The van der Waals surface area contributed by atoms with Gasteiger partial charge in [0, 0.05) is 25.1 Å². The van der Waals surface area contributed by atoms with E-state index in [-0.39, 0.29) is 36.4 Å². The largest absolute Gasteiger partial charge is 0.497 e. The number of nitrogens with zero attached hydrogens (tertiary/aromatic N) is 2. The summed E-state index contributed by atoms with van der Waals surface area (Å²) in [5.74, 6) is -0.159. The van der Waals surface area contributed by atoms with Crippen LogP contribution in [0, 0.1) is 0 Å². The topological polar surface area (TPSA) is 105 Å². The Bertz CT molecular complexity index is 1380. The van der Waals surface area contributed by atoms with Gasteiger partial charge in [-0.25, -0.2) is 8.42 Å². The predicted octanol–water partition coefficient (Wildman–Crippen LogP) is 3.63. The molecule has 0 fully saturated rings. The van der Waals surface area contributed by atoms with Crippen molar-refractivity contribution in [2.75, 3.05) is 31.3 Å². The fourth-order valence-corrected chi connectivity index (χ4v) is 5.15. The third-order valence-electron chi connectivity index (χ3n) is 6.23. The number of hydrogen-bond donors (Lipinski definition) is 1. The molecule has 0 radical (unpaired) electrons. The lowest BCUT2D eigenvalue weighted by molar-refractivity contribution is -0.140. The Labute approximate surface area is 236 Å². The summed E-state index contributed by atoms with van der Waals surface area (Å²) in [7, 11) is -1.03. The zero-order chi connectivity index (χ0) is 29.3. The average molecular weight is 568 g/mol. The zero-order valence-corrected chi connectivity index (χ0v) is 24.4. The molecule has 2 amide bonds. The highest BCUT2D eigenvalue weighted by Crippen LogP contribution is 2.33. The van der Waals surface area contributed by atoms with Crippen LogP contribution in [0.5, 0.6) is 11.5 Å². The minimum Gasteiger partial charge on any atom is -0.497 e. The van der Waals surface area contributed by atoms with Crippen LogP contribution in [0.25, 0.3) is 0 Å². The Morgan fingerprint density at radius 2 is 1.48 bits per heavy atom. The number of anilines is 1. The second kappa shape index (κ2) is 13.8. The SMILES string of the molecule is COc1ccc(N(CC(=O)N(Cc2ccccc2)[C@@H](Cc2ccccc2)C(=O)NC(C)C)S(C)(=O)=O)c(OC)c1. The van der Waals surface area contributed by atoms with Crippen LogP contribution in [0.15, 0.2) is 78.9 Å². The Hall–Kier alpha value is -4.05. The van der Waals surface area contributed by atoms with Gasteiger partial charge in [-0.05, 0) is 37.1 Å². The number of sulfonamides is 1. The van der Waals surface area contributed by atoms with Crippen molar-refractivity contribution < 1.29 is 27.5 Å². The summed E-state index contributed by atoms with van der Waals surface area (Å²) in [6.45, 7) is 3.28. The first kappa shape index (κ1) is 30.5. The molecule has 0 aromatic heterocycles. The fraction of sp³-hybridized carbons (Fsp3) is 0.333. The zero-order valence-electron chi connectivity index (χ0n) is 23.5. The van der Waals surface area contributed by atoms with E-state index in [1.54, 1.807) is 12.1 Å². The Kier molecular flexibility index (Phi) is 10.6. The lowest BCUT2D eigenvalue weighted by atomic mass is 10.0. The summed E-state index contributed by atoms with van der Waals surface area (Å²) in [5, 5.41) is 2.93. The molecule has 1 atom stereocenters. The molecule has 0 saturated heterocycles. The van der Waals surface area contributed by atoms with Gasteiger partial charge in [0.25, 0.3) is 0 Å². The van der Waals surface area contributed by atoms with E-state index in [4.69, 9.17) is 9.47 Å². The summed E-state index contributed by atoms with van der Waals surface area (Å²) >= 11 is 0. The van der Waals surface area contributed by atoms with Gasteiger partial charge in [0.05, 0.1) is 26.2 Å². The minimum atomic E-state index is -3.93. The van der Waals surface area contributed by atoms with E-state index in [9.17, 15) is 18.0 Å². The molecule has 3 aromatic rings. The molecule has 0 aliphatic rings. The Morgan fingerprint density at radius 3 is 2.00 bits per heavy atom. The van der Waals surface area contributed by atoms with Crippen LogP contribution < -0.4 is 19.1 Å². The highest BCUT2D eigenvalue weighted by molar-refractivity contribution is 7.92. The Morgan fingerprint density at radius 1 is 0.875 bits per heavy atom. The highest BCUT2D eigenvalue weighted by Gasteiger charge is 2.34. The summed E-state index contributed by atoms with van der Waals surface area (Å²) in [4.78, 5) is 29.1. The molecule has 3 aromatic carbocycles. The average Bonchev–Trinajstić information content (AvgIpc) is 2.93. The van der Waals surface area contributed by atoms with Crippen molar-refractivity contribution in [1.29, 1.82) is 0 Å². The molecular weight excluding hydrogens is 530 g/mol. The molecule has 0 saturated carbocycles. The van der Waals surface area contributed by atoms with Gasteiger partial charge in [0.1, 0.15) is 24.1 Å². The van der Waals surface area contributed by atoms with Gasteiger partial charge in [0.2, 0.25) is 21.8 Å². The molecule has 214 valence electrons. The molecule has 10 heteroatoms. The van der Waals surface area contributed by atoms with Gasteiger partial charge in [0.15, 0.2) is 0 Å². The van der Waals surface area contributed by atoms with Crippen LogP contribution in [0.2, 0.25) is 0 Å². The molecule has 0 aliphatic heterocycles. The summed E-state index contributed by atoms with van der Waals surface area (Å²) < 4.78 is 37.7. The summed E-state index contributed by atoms with van der Waals surface area (Å²) in [5.41, 5.74) is 1.86. The van der Waals surface area contributed by atoms with Crippen LogP contribution in [-0.2, 0) is 32.6 Å². The van der Waals surface area contributed by atoms with Crippen molar-refractivity contribution in [3.05, 3.63) is 90.0 Å². The molecule has 0 heterocycles. The first-order valence-electron chi connectivity index (χ1n) is 12.9. The predicted molar refractivity (Wildman–Crippen MR) is 156 cm³/mol. The molecule has 0 aliphatic carbocycles. The lowest BCUT2D eigenvalue weighted by Crippen LogP contribution is -2.54. The molecule has 0 unspecified atom stereocenters. The van der Waals surface area contributed by atoms with Crippen molar-refractivity contribution >= 4 is 27.5 Å². The first-order valence-corrected chi connectivity index (χ1v) is 14.8. The maximum atomic E-state index is 14.1. The van der Waals surface area contributed by atoms with Crippen LogP contribution >= 0.6 is 0 Å². The van der Waals surface area contributed by atoms with Gasteiger partial charge in [-0.3, -0.25) is 13.9 Å². The van der Waals surface area contributed by atoms with E-state index in [1.165, 1.54) is 25.2 Å². The molecule has 9 nitrogen and oxygen atoms in total. The summed E-state index contributed by atoms with van der Waals surface area (Å²) in [6.07, 6.45) is 1.28. The third-order valence-corrected chi connectivity index (χ3v) is 7.36. The number of benzene rings is 3. The van der Waals surface area contributed by atoms with E-state index in [0.717, 1.165) is 21.7 Å². The van der Waals surface area contributed by atoms with Gasteiger partial charge in [-0.2, -0.15) is 0 Å². The normalized spacial score (nSPS) is 11.9. The Balaban J connectivity index is 2.07. The molecule has 40 heavy (non-hydrogen) atoms. The number of carbonyl (C=O) groups excluding carboxylic acids is 2. The molecule has 0 spiro atoms. The van der Waals surface area contributed by atoms with Gasteiger partial charge in [-0.15, -0.1) is 0 Å². The van der Waals surface area contributed by atoms with Gasteiger partial charge in [-0.1, -0.05) is 60.7 Å². The molecule has 0 bridgehead atoms. The number of methoxy groups -OCH3 is 2. The maximum Gasteiger partial charge on any atom is 0.244 e. The second-order valence-corrected chi connectivity index (χ2v) is 11.6. The van der Waals surface area contributed by atoms with Gasteiger partial charge >= 0.3 is 0 Å². The lowest BCUT2D eigenvalue weighted by Gasteiger charge is -2.34. The van der Waals surface area contributed by atoms with E-state index >= 15 is 0 Å². The first-order chi connectivity index (χ1) is 19.0. The number of hydrogen-bond acceptors (Lipinski definition) is 6. The maximum absolute atomic E-state index is 14.1. The minimum absolute atomic E-state index is 0.111. The number of ether oxygens (including phenoxy) is 2. The van der Waals surface area contributed by atoms with Crippen LogP contribution in [0.1, 0.15) is 25.0 Å². The highest BCUT2D eigenvalue weighted by atomic mass is 32.2. The van der Waals surface area contributed by atoms with E-state index in [2.05, 4.69) is 5.32 Å². The monoisotopic (exact) mass is 567 g/mol. The second-order valence-electron chi connectivity index (χ2n) is 9.68. The molecular formula is C30H37N3O6S. The van der Waals surface area contributed by atoms with Crippen molar-refractivity contribution in [3.63, 3.8) is 0 Å². The van der Waals surface area contributed by atoms with Gasteiger partial charge < -0.3 is 19.7 Å².